The fraction of sp³-hybridized carbons (Fsp3) is 0. The summed E-state index contributed by atoms with van der Waals surface area (Å²) in [5.74, 6) is 0. The van der Waals surface area contributed by atoms with E-state index in [1.54, 1.807) is 0 Å². The fourth-order valence-corrected chi connectivity index (χ4v) is 9.84. The lowest BCUT2D eigenvalue weighted by molar-refractivity contribution is 1.18. The summed E-state index contributed by atoms with van der Waals surface area (Å²) in [6.07, 6.45) is 0. The second-order valence-corrected chi connectivity index (χ2v) is 15.0. The van der Waals surface area contributed by atoms with E-state index in [2.05, 4.69) is 193 Å². The average molecular weight is 686 g/mol. The van der Waals surface area contributed by atoms with Crippen molar-refractivity contribution in [2.45, 2.75) is 19.6 Å². The van der Waals surface area contributed by atoms with E-state index in [4.69, 9.17) is 0 Å². The SMILES string of the molecule is c1ccc(-c2cccc3c2-c2ccccc2Sc2ccccc2-c2cc(-c4cccc5c6ccccc6n(-c6ccccc6)c45)ccc2S3)cc1. The number of hydrogen-bond acceptors (Lipinski definition) is 2. The van der Waals surface area contributed by atoms with Crippen LogP contribution in [0.5, 0.6) is 0 Å². The highest BCUT2D eigenvalue weighted by Crippen LogP contribution is 2.51. The molecule has 3 heteroatoms. The van der Waals surface area contributed by atoms with Gasteiger partial charge in [0.25, 0.3) is 0 Å². The Bertz CT molecular complexity index is 2740. The molecule has 0 aliphatic carbocycles. The second kappa shape index (κ2) is 12.5. The summed E-state index contributed by atoms with van der Waals surface area (Å²) < 4.78 is 2.43. The summed E-state index contributed by atoms with van der Waals surface area (Å²) in [4.78, 5) is 5.01. The maximum absolute atomic E-state index is 2.43. The van der Waals surface area contributed by atoms with Gasteiger partial charge in [-0.1, -0.05) is 163 Å². The molecule has 0 radical (unpaired) electrons. The summed E-state index contributed by atoms with van der Waals surface area (Å²) in [5.41, 5.74) is 13.6. The molecule has 0 fully saturated rings. The molecule has 0 bridgehead atoms. The monoisotopic (exact) mass is 685 g/mol. The minimum absolute atomic E-state index is 1.16. The van der Waals surface area contributed by atoms with Gasteiger partial charge < -0.3 is 4.57 Å². The lowest BCUT2D eigenvalue weighted by atomic mass is 9.94. The molecule has 0 amide bonds. The molecule has 1 aromatic heterocycles. The molecular weight excluding hydrogens is 655 g/mol. The van der Waals surface area contributed by atoms with Crippen molar-refractivity contribution in [3.8, 4) is 50.2 Å². The molecule has 10 rings (SSSR count). The summed E-state index contributed by atoms with van der Waals surface area (Å²) in [6.45, 7) is 0. The molecule has 1 nitrogen and oxygen atoms in total. The molecule has 8 aromatic carbocycles. The molecule has 1 aliphatic rings. The number of rotatable bonds is 3. The highest BCUT2D eigenvalue weighted by molar-refractivity contribution is 8.00. The van der Waals surface area contributed by atoms with Crippen LogP contribution < -0.4 is 0 Å². The van der Waals surface area contributed by atoms with Crippen molar-refractivity contribution in [1.82, 2.24) is 4.57 Å². The van der Waals surface area contributed by atoms with Crippen LogP contribution in [0.3, 0.4) is 0 Å². The Balaban J connectivity index is 1.23. The van der Waals surface area contributed by atoms with Gasteiger partial charge in [0.05, 0.1) is 11.0 Å². The lowest BCUT2D eigenvalue weighted by Crippen LogP contribution is -1.96. The molecule has 2 heterocycles. The van der Waals surface area contributed by atoms with E-state index in [9.17, 15) is 0 Å². The summed E-state index contributed by atoms with van der Waals surface area (Å²) in [5, 5.41) is 2.52. The van der Waals surface area contributed by atoms with Gasteiger partial charge in [-0.05, 0) is 81.9 Å². The molecule has 0 spiro atoms. The third-order valence-corrected chi connectivity index (χ3v) is 12.2. The van der Waals surface area contributed by atoms with E-state index < -0.39 is 0 Å². The van der Waals surface area contributed by atoms with Crippen molar-refractivity contribution in [3.05, 3.63) is 188 Å². The van der Waals surface area contributed by atoms with E-state index in [0.29, 0.717) is 0 Å². The van der Waals surface area contributed by atoms with Gasteiger partial charge in [0.2, 0.25) is 0 Å². The van der Waals surface area contributed by atoms with Gasteiger partial charge in [-0.25, -0.2) is 0 Å². The van der Waals surface area contributed by atoms with Crippen molar-refractivity contribution in [1.29, 1.82) is 0 Å². The van der Waals surface area contributed by atoms with Crippen molar-refractivity contribution in [2.24, 2.45) is 0 Å². The van der Waals surface area contributed by atoms with Crippen LogP contribution in [0.25, 0.3) is 72.0 Å². The average Bonchev–Trinajstić information content (AvgIpc) is 3.54. The third-order valence-electron chi connectivity index (χ3n) is 9.88. The molecule has 51 heavy (non-hydrogen) atoms. The Morgan fingerprint density at radius 1 is 0.333 bits per heavy atom. The molecule has 1 aliphatic heterocycles. The van der Waals surface area contributed by atoms with Crippen molar-refractivity contribution in [2.75, 3.05) is 0 Å². The number of benzene rings is 8. The van der Waals surface area contributed by atoms with Gasteiger partial charge in [-0.3, -0.25) is 0 Å². The van der Waals surface area contributed by atoms with Crippen LogP contribution in [0.1, 0.15) is 0 Å². The normalized spacial score (nSPS) is 12.2. The molecule has 0 saturated carbocycles. The van der Waals surface area contributed by atoms with E-state index in [1.807, 2.05) is 23.5 Å². The summed E-state index contributed by atoms with van der Waals surface area (Å²) in [6, 6.07) is 68.8. The first-order chi connectivity index (χ1) is 25.3. The van der Waals surface area contributed by atoms with E-state index in [0.717, 1.165) is 5.69 Å². The van der Waals surface area contributed by atoms with Gasteiger partial charge in [-0.15, -0.1) is 0 Å². The number of fused-ring (bicyclic) bond motifs is 9. The number of hydrogen-bond donors (Lipinski definition) is 0. The molecular formula is C48H31NS2. The topological polar surface area (TPSA) is 4.93 Å². The van der Waals surface area contributed by atoms with Crippen LogP contribution in [0, 0.1) is 0 Å². The minimum Gasteiger partial charge on any atom is -0.309 e. The quantitative estimate of drug-likeness (QED) is 0.182. The van der Waals surface area contributed by atoms with Crippen LogP contribution in [0.4, 0.5) is 0 Å². The Morgan fingerprint density at radius 2 is 0.902 bits per heavy atom. The lowest BCUT2D eigenvalue weighted by Gasteiger charge is -2.22. The first kappa shape index (κ1) is 30.1. The van der Waals surface area contributed by atoms with E-state index in [1.165, 1.54) is 85.9 Å². The number of para-hydroxylation sites is 3. The minimum atomic E-state index is 1.16. The van der Waals surface area contributed by atoms with E-state index in [-0.39, 0.29) is 0 Å². The molecule has 0 N–H and O–H groups in total. The highest BCUT2D eigenvalue weighted by atomic mass is 32.2. The zero-order valence-corrected chi connectivity index (χ0v) is 29.3. The molecule has 0 unspecified atom stereocenters. The van der Waals surface area contributed by atoms with Crippen LogP contribution in [0.2, 0.25) is 0 Å². The standard InChI is InChI=1S/C48H31NS2/c1-3-15-32(16-4-1)35-22-14-28-46-47(35)40-21-9-12-27-44(40)50-43-26-11-8-20-38(43)41-31-33(29-30-45(41)51-46)36-23-13-24-39-37-19-7-10-25-42(37)49(48(36)39)34-17-5-2-6-18-34/h1-31H. The maximum atomic E-state index is 2.43. The Labute approximate surface area is 306 Å². The van der Waals surface area contributed by atoms with Crippen LogP contribution in [0.15, 0.2) is 208 Å². The zero-order chi connectivity index (χ0) is 33.7. The highest BCUT2D eigenvalue weighted by Gasteiger charge is 2.23. The van der Waals surface area contributed by atoms with Crippen LogP contribution in [-0.4, -0.2) is 4.57 Å². The predicted molar refractivity (Wildman–Crippen MR) is 217 cm³/mol. The Morgan fingerprint density at radius 3 is 1.75 bits per heavy atom. The Kier molecular flexibility index (Phi) is 7.41. The number of nitrogens with zero attached hydrogens (tertiary/aromatic N) is 1. The first-order valence-corrected chi connectivity index (χ1v) is 18.9. The fourth-order valence-electron chi connectivity index (χ4n) is 7.62. The number of aromatic nitrogens is 1. The van der Waals surface area contributed by atoms with Crippen molar-refractivity contribution < 1.29 is 0 Å². The van der Waals surface area contributed by atoms with Gasteiger partial charge in [-0.2, -0.15) is 0 Å². The molecule has 0 saturated heterocycles. The third kappa shape index (κ3) is 5.12. The van der Waals surface area contributed by atoms with Gasteiger partial charge in [0, 0.05) is 47.2 Å². The first-order valence-electron chi connectivity index (χ1n) is 17.3. The summed E-state index contributed by atoms with van der Waals surface area (Å²) in [7, 11) is 0. The van der Waals surface area contributed by atoms with Crippen molar-refractivity contribution in [3.63, 3.8) is 0 Å². The summed E-state index contributed by atoms with van der Waals surface area (Å²) >= 11 is 3.74. The molecule has 240 valence electrons. The van der Waals surface area contributed by atoms with Crippen LogP contribution >= 0.6 is 23.5 Å². The Hall–Kier alpha value is -5.74. The maximum Gasteiger partial charge on any atom is 0.0619 e. The van der Waals surface area contributed by atoms with Gasteiger partial charge >= 0.3 is 0 Å². The van der Waals surface area contributed by atoms with Crippen LogP contribution in [-0.2, 0) is 0 Å². The van der Waals surface area contributed by atoms with Crippen molar-refractivity contribution >= 4 is 45.3 Å². The zero-order valence-electron chi connectivity index (χ0n) is 27.7. The van der Waals surface area contributed by atoms with Gasteiger partial charge in [0.15, 0.2) is 0 Å². The largest absolute Gasteiger partial charge is 0.309 e. The predicted octanol–water partition coefficient (Wildman–Crippen LogP) is 14.1. The van der Waals surface area contributed by atoms with E-state index >= 15 is 0 Å². The molecule has 9 aromatic rings. The molecule has 0 atom stereocenters. The second-order valence-electron chi connectivity index (χ2n) is 12.8. The smallest absolute Gasteiger partial charge is 0.0619 e. The van der Waals surface area contributed by atoms with Gasteiger partial charge in [0.1, 0.15) is 0 Å².